The average molecular weight is 250 g/mol. The van der Waals surface area contributed by atoms with E-state index in [-0.39, 0.29) is 0 Å². The summed E-state index contributed by atoms with van der Waals surface area (Å²) in [6.07, 6.45) is 6.98. The monoisotopic (exact) mass is 250 g/mol. The molecule has 1 atom stereocenters. The van der Waals surface area contributed by atoms with Gasteiger partial charge in [-0.15, -0.1) is 0 Å². The molecule has 17 heavy (non-hydrogen) atoms. The Morgan fingerprint density at radius 3 is 2.12 bits per heavy atom. The third kappa shape index (κ3) is 7.06. The van der Waals surface area contributed by atoms with Crippen molar-refractivity contribution in [2.24, 2.45) is 0 Å². The van der Waals surface area contributed by atoms with E-state index in [1.54, 1.807) is 0 Å². The topological polar surface area (TPSA) is 9.23 Å². The van der Waals surface area contributed by atoms with Gasteiger partial charge in [-0.2, -0.15) is 0 Å². The van der Waals surface area contributed by atoms with Gasteiger partial charge in [-0.1, -0.05) is 0 Å². The van der Waals surface area contributed by atoms with Crippen molar-refractivity contribution < 1.29 is 4.43 Å². The van der Waals surface area contributed by atoms with Gasteiger partial charge < -0.3 is 0 Å². The Balaban J connectivity index is 4.32. The van der Waals surface area contributed by atoms with Gasteiger partial charge in [0.2, 0.25) is 0 Å². The van der Waals surface area contributed by atoms with Gasteiger partial charge in [0.25, 0.3) is 0 Å². The molecule has 0 saturated carbocycles. The first kappa shape index (κ1) is 17.8. The normalized spacial score (nSPS) is 15.1. The van der Waals surface area contributed by atoms with E-state index in [1.807, 2.05) is 0 Å². The summed E-state index contributed by atoms with van der Waals surface area (Å²) in [5.41, 5.74) is 0. The predicted molar refractivity (Wildman–Crippen MR) is 81.4 cm³/mol. The van der Waals surface area contributed by atoms with Crippen LogP contribution in [0.4, 0.5) is 0 Å². The average Bonchev–Trinajstić information content (AvgIpc) is 2.16. The fraction of sp³-hybridized carbons (Fsp3) is 1.00. The Morgan fingerprint density at radius 2 is 1.71 bits per heavy atom. The minimum absolute atomic E-state index is 0.337. The zero-order chi connectivity index (χ0) is 13.5. The summed E-state index contributed by atoms with van der Waals surface area (Å²) in [6.45, 7) is 14.0. The molecule has 0 saturated heterocycles. The minimum atomic E-state index is -1.57. The Bertz CT molecular complexity index is 199. The van der Waals surface area contributed by atoms with Gasteiger partial charge in [0.15, 0.2) is 0 Å². The van der Waals surface area contributed by atoms with Crippen molar-refractivity contribution in [1.29, 1.82) is 0 Å². The van der Waals surface area contributed by atoms with E-state index in [0.717, 1.165) is 0 Å². The molecule has 0 rings (SSSR count). The van der Waals surface area contributed by atoms with Crippen LogP contribution in [0.5, 0.6) is 0 Å². The first-order valence-corrected chi connectivity index (χ1v) is 10.3. The van der Waals surface area contributed by atoms with Crippen LogP contribution in [0.3, 0.4) is 0 Å². The first-order valence-electron chi connectivity index (χ1n) is 7.42. The van der Waals surface area contributed by atoms with Crippen LogP contribution in [0.1, 0.15) is 59.8 Å². The molecule has 0 aliphatic rings. The standard InChI is InChI=1S/C14H31OSi.Li/c1-8-10-11-12-13(9-2)15-16(6,7)14(3,4)5;/h13H,2,8-12H2,1,3-7H3;. The molecule has 0 aromatic carbocycles. The van der Waals surface area contributed by atoms with Crippen molar-refractivity contribution in [2.45, 2.75) is 89.1 Å². The summed E-state index contributed by atoms with van der Waals surface area (Å²) in [5.74, 6) is 0. The molecule has 0 aromatic heterocycles. The van der Waals surface area contributed by atoms with Gasteiger partial charge in [-0.3, -0.25) is 0 Å². The van der Waals surface area contributed by atoms with Crippen molar-refractivity contribution in [1.82, 2.24) is 0 Å². The molecule has 0 fully saturated rings. The molecule has 0 aliphatic heterocycles. The summed E-state index contributed by atoms with van der Waals surface area (Å²) in [7, 11) is -1.57. The molecule has 0 aromatic rings. The maximum atomic E-state index is 6.53. The van der Waals surface area contributed by atoms with Crippen LogP contribution in [0.15, 0.2) is 0 Å². The second-order valence-corrected chi connectivity index (χ2v) is 11.5. The molecule has 0 spiro atoms. The van der Waals surface area contributed by atoms with Gasteiger partial charge >= 0.3 is 120 Å². The summed E-state index contributed by atoms with van der Waals surface area (Å²) < 4.78 is 6.53. The quantitative estimate of drug-likeness (QED) is 0.438. The molecule has 0 radical (unpaired) electrons. The molecule has 0 amide bonds. The van der Waals surface area contributed by atoms with Gasteiger partial charge in [0.05, 0.1) is 0 Å². The van der Waals surface area contributed by atoms with Gasteiger partial charge in [-0.25, -0.2) is 0 Å². The Labute approximate surface area is 119 Å². The Kier molecular flexibility index (Phi) is 8.41. The number of unbranched alkanes of at least 4 members (excludes halogenated alkanes) is 2. The Morgan fingerprint density at radius 1 is 1.12 bits per heavy atom. The number of hydrogen-bond donors (Lipinski definition) is 0. The zero-order valence-electron chi connectivity index (χ0n) is 13.2. The maximum absolute atomic E-state index is 6.53. The van der Waals surface area contributed by atoms with Crippen molar-refractivity contribution in [2.75, 3.05) is 0 Å². The summed E-state index contributed by atoms with van der Waals surface area (Å²) in [5, 5.41) is 1.58. The number of hydrogen-bond acceptors (Lipinski definition) is 1. The number of rotatable bonds is 8. The Hall–Kier alpha value is 0.774. The van der Waals surface area contributed by atoms with Crippen LogP contribution in [0.25, 0.3) is 0 Å². The van der Waals surface area contributed by atoms with E-state index in [2.05, 4.69) is 58.5 Å². The molecule has 0 aliphatic carbocycles. The van der Waals surface area contributed by atoms with Crippen LogP contribution >= 0.6 is 0 Å². The van der Waals surface area contributed by atoms with Crippen LogP contribution < -0.4 is 0 Å². The molecule has 1 nitrogen and oxygen atoms in total. The van der Waals surface area contributed by atoms with Crippen LogP contribution in [0.2, 0.25) is 23.2 Å². The summed E-state index contributed by atoms with van der Waals surface area (Å²) in [6, 6.07) is 0. The molecule has 98 valence electrons. The zero-order valence-corrected chi connectivity index (χ0v) is 14.2. The fourth-order valence-electron chi connectivity index (χ4n) is 1.80. The molecule has 0 N–H and O–H groups in total. The summed E-state index contributed by atoms with van der Waals surface area (Å²) in [4.78, 5) is 0. The predicted octanol–water partition coefficient (Wildman–Crippen LogP) is 4.93. The molecule has 0 heterocycles. The van der Waals surface area contributed by atoms with E-state index in [1.165, 1.54) is 37.2 Å². The van der Waals surface area contributed by atoms with Gasteiger partial charge in [0, 0.05) is 0 Å². The third-order valence-electron chi connectivity index (χ3n) is 4.01. The van der Waals surface area contributed by atoms with E-state index in [4.69, 9.17) is 4.43 Å². The SMILES string of the molecule is [Li][CH2]CC(CCCCC)O[Si](C)(C)C(C)(C)C. The van der Waals surface area contributed by atoms with E-state index in [9.17, 15) is 0 Å². The first-order chi connectivity index (χ1) is 7.74. The van der Waals surface area contributed by atoms with Gasteiger partial charge in [0.1, 0.15) is 0 Å². The van der Waals surface area contributed by atoms with Crippen molar-refractivity contribution in [3.63, 3.8) is 0 Å². The van der Waals surface area contributed by atoms with Crippen LogP contribution in [-0.4, -0.2) is 32.1 Å². The van der Waals surface area contributed by atoms with Crippen molar-refractivity contribution >= 4 is 26.0 Å². The van der Waals surface area contributed by atoms with E-state index >= 15 is 0 Å². The van der Waals surface area contributed by atoms with E-state index < -0.39 is 8.32 Å². The van der Waals surface area contributed by atoms with Crippen molar-refractivity contribution in [3.8, 4) is 0 Å². The molecule has 3 heteroatoms. The fourth-order valence-corrected chi connectivity index (χ4v) is 3.22. The van der Waals surface area contributed by atoms with Crippen LogP contribution in [-0.2, 0) is 4.43 Å². The molecular formula is C14H31LiOSi. The molecule has 0 bridgehead atoms. The van der Waals surface area contributed by atoms with Crippen molar-refractivity contribution in [3.05, 3.63) is 0 Å². The van der Waals surface area contributed by atoms with E-state index in [0.29, 0.717) is 11.1 Å². The molecule has 1 unspecified atom stereocenters. The second kappa shape index (κ2) is 8.05. The van der Waals surface area contributed by atoms with Gasteiger partial charge in [-0.05, 0) is 0 Å². The molecular weight excluding hydrogens is 219 g/mol. The second-order valence-electron chi connectivity index (χ2n) is 6.78. The van der Waals surface area contributed by atoms with Crippen LogP contribution in [0, 0.1) is 0 Å². The third-order valence-corrected chi connectivity index (χ3v) is 8.54. The summed E-state index contributed by atoms with van der Waals surface area (Å²) >= 11 is 2.27.